The lowest BCUT2D eigenvalue weighted by Gasteiger charge is -2.30. The van der Waals surface area contributed by atoms with Gasteiger partial charge in [0.2, 0.25) is 0 Å². The molecule has 0 fully saturated rings. The number of anilines is 2. The van der Waals surface area contributed by atoms with Gasteiger partial charge >= 0.3 is 0 Å². The van der Waals surface area contributed by atoms with Crippen LogP contribution in [0.25, 0.3) is 0 Å². The van der Waals surface area contributed by atoms with E-state index in [1.807, 2.05) is 12.3 Å². The van der Waals surface area contributed by atoms with Crippen LogP contribution in [0.4, 0.5) is 11.5 Å². The molecule has 0 N–H and O–H groups in total. The van der Waals surface area contributed by atoms with E-state index in [2.05, 4.69) is 59.2 Å². The number of fused-ring (bicyclic) bond motifs is 1. The minimum Gasteiger partial charge on any atom is -0.378 e. The first-order valence-electron chi connectivity index (χ1n) is 6.69. The number of nitrogens with zero attached hydrogens (tertiary/aromatic N) is 3. The van der Waals surface area contributed by atoms with Crippen molar-refractivity contribution in [2.45, 2.75) is 13.0 Å². The van der Waals surface area contributed by atoms with Crippen molar-refractivity contribution in [1.29, 1.82) is 0 Å². The molecule has 0 amide bonds. The molecule has 2 aromatic rings. The summed E-state index contributed by atoms with van der Waals surface area (Å²) in [6.07, 6.45) is 3.00. The van der Waals surface area contributed by atoms with Crippen molar-refractivity contribution in [3.63, 3.8) is 0 Å². The third-order valence-electron chi connectivity index (χ3n) is 3.70. The minimum absolute atomic E-state index is 0.958. The van der Waals surface area contributed by atoms with Crippen LogP contribution in [0.3, 0.4) is 0 Å². The monoisotopic (exact) mass is 253 g/mol. The number of pyridine rings is 1. The Kier molecular flexibility index (Phi) is 3.11. The highest BCUT2D eigenvalue weighted by molar-refractivity contribution is 5.55. The van der Waals surface area contributed by atoms with E-state index in [4.69, 9.17) is 0 Å². The maximum Gasteiger partial charge on any atom is 0.130 e. The second kappa shape index (κ2) is 4.92. The summed E-state index contributed by atoms with van der Waals surface area (Å²) in [5.74, 6) is 1.07. The van der Waals surface area contributed by atoms with Crippen LogP contribution >= 0.6 is 0 Å². The molecule has 0 radical (unpaired) electrons. The van der Waals surface area contributed by atoms with E-state index < -0.39 is 0 Å². The fraction of sp³-hybridized carbons (Fsp3) is 0.312. The molecule has 3 nitrogen and oxygen atoms in total. The highest BCUT2D eigenvalue weighted by Gasteiger charge is 2.17. The van der Waals surface area contributed by atoms with Crippen molar-refractivity contribution in [2.24, 2.45) is 0 Å². The van der Waals surface area contributed by atoms with Crippen LogP contribution in [-0.4, -0.2) is 25.6 Å². The smallest absolute Gasteiger partial charge is 0.130 e. The summed E-state index contributed by atoms with van der Waals surface area (Å²) in [5, 5.41) is 0. The molecule has 1 aliphatic heterocycles. The topological polar surface area (TPSA) is 19.4 Å². The van der Waals surface area contributed by atoms with E-state index in [1.54, 1.807) is 0 Å². The number of benzene rings is 1. The summed E-state index contributed by atoms with van der Waals surface area (Å²) in [7, 11) is 4.12. The van der Waals surface area contributed by atoms with Crippen LogP contribution in [0.15, 0.2) is 42.6 Å². The Morgan fingerprint density at radius 2 is 1.89 bits per heavy atom. The summed E-state index contributed by atoms with van der Waals surface area (Å²) in [6.45, 7) is 2.00. The Hall–Kier alpha value is -2.03. The zero-order chi connectivity index (χ0) is 13.2. The van der Waals surface area contributed by atoms with Gasteiger partial charge in [0.15, 0.2) is 0 Å². The van der Waals surface area contributed by atoms with Crippen molar-refractivity contribution in [3.8, 4) is 0 Å². The van der Waals surface area contributed by atoms with Crippen LogP contribution in [0.2, 0.25) is 0 Å². The molecule has 0 bridgehead atoms. The van der Waals surface area contributed by atoms with Gasteiger partial charge in [-0.15, -0.1) is 0 Å². The first-order chi connectivity index (χ1) is 9.24. The molecule has 3 rings (SSSR count). The Labute approximate surface area is 114 Å². The van der Waals surface area contributed by atoms with Gasteiger partial charge in [0.1, 0.15) is 5.82 Å². The second-order valence-electron chi connectivity index (χ2n) is 5.21. The van der Waals surface area contributed by atoms with E-state index in [9.17, 15) is 0 Å². The van der Waals surface area contributed by atoms with Crippen molar-refractivity contribution in [1.82, 2.24) is 4.98 Å². The molecule has 0 saturated heterocycles. The Balaban J connectivity index is 1.87. The van der Waals surface area contributed by atoms with E-state index in [0.717, 1.165) is 25.3 Å². The SMILES string of the molecule is CN(C)c1ccnc(N2CCc3ccccc3C2)c1. The predicted molar refractivity (Wildman–Crippen MR) is 79.8 cm³/mol. The van der Waals surface area contributed by atoms with Gasteiger partial charge in [0.25, 0.3) is 0 Å². The molecular weight excluding hydrogens is 234 g/mol. The molecule has 1 aliphatic rings. The van der Waals surface area contributed by atoms with Gasteiger partial charge in [-0.2, -0.15) is 0 Å². The van der Waals surface area contributed by atoms with Gasteiger partial charge in [0.05, 0.1) is 0 Å². The lowest BCUT2D eigenvalue weighted by Crippen LogP contribution is -2.31. The zero-order valence-corrected chi connectivity index (χ0v) is 11.5. The summed E-state index contributed by atoms with van der Waals surface area (Å²) < 4.78 is 0. The van der Waals surface area contributed by atoms with Crippen molar-refractivity contribution in [3.05, 3.63) is 53.7 Å². The molecule has 98 valence electrons. The number of hydrogen-bond donors (Lipinski definition) is 0. The molecule has 1 aromatic heterocycles. The molecular formula is C16H19N3. The van der Waals surface area contributed by atoms with Crippen LogP contribution in [-0.2, 0) is 13.0 Å². The molecule has 2 heterocycles. The van der Waals surface area contributed by atoms with Gasteiger partial charge in [-0.1, -0.05) is 24.3 Å². The van der Waals surface area contributed by atoms with Crippen molar-refractivity contribution < 1.29 is 0 Å². The van der Waals surface area contributed by atoms with E-state index in [1.165, 1.54) is 16.8 Å². The Morgan fingerprint density at radius 1 is 1.11 bits per heavy atom. The molecule has 1 aromatic carbocycles. The quantitative estimate of drug-likeness (QED) is 0.820. The largest absolute Gasteiger partial charge is 0.378 e. The maximum absolute atomic E-state index is 4.52. The normalized spacial score (nSPS) is 14.1. The third-order valence-corrected chi connectivity index (χ3v) is 3.70. The first-order valence-corrected chi connectivity index (χ1v) is 6.69. The number of hydrogen-bond acceptors (Lipinski definition) is 3. The van der Waals surface area contributed by atoms with Crippen LogP contribution in [0.5, 0.6) is 0 Å². The van der Waals surface area contributed by atoms with Gasteiger partial charge in [-0.05, 0) is 23.6 Å². The van der Waals surface area contributed by atoms with Gasteiger partial charge in [-0.25, -0.2) is 4.98 Å². The van der Waals surface area contributed by atoms with Gasteiger partial charge in [0, 0.05) is 45.1 Å². The fourth-order valence-corrected chi connectivity index (χ4v) is 2.55. The molecule has 19 heavy (non-hydrogen) atoms. The third kappa shape index (κ3) is 2.41. The van der Waals surface area contributed by atoms with Crippen molar-refractivity contribution >= 4 is 11.5 Å². The average molecular weight is 253 g/mol. The lowest BCUT2D eigenvalue weighted by molar-refractivity contribution is 0.721. The summed E-state index contributed by atoms with van der Waals surface area (Å²) in [4.78, 5) is 8.99. The Bertz CT molecular complexity index is 578. The molecule has 0 aliphatic carbocycles. The number of rotatable bonds is 2. The van der Waals surface area contributed by atoms with E-state index in [0.29, 0.717) is 0 Å². The van der Waals surface area contributed by atoms with Crippen LogP contribution < -0.4 is 9.80 Å². The standard InChI is InChI=1S/C16H19N3/c1-18(2)15-7-9-17-16(11-15)19-10-8-13-5-3-4-6-14(13)12-19/h3-7,9,11H,8,10,12H2,1-2H3. The van der Waals surface area contributed by atoms with Gasteiger partial charge in [-0.3, -0.25) is 0 Å². The highest BCUT2D eigenvalue weighted by atomic mass is 15.2. The van der Waals surface area contributed by atoms with E-state index in [-0.39, 0.29) is 0 Å². The molecule has 0 saturated carbocycles. The second-order valence-corrected chi connectivity index (χ2v) is 5.21. The molecule has 0 atom stereocenters. The maximum atomic E-state index is 4.52. The number of aromatic nitrogens is 1. The zero-order valence-electron chi connectivity index (χ0n) is 11.5. The predicted octanol–water partition coefficient (Wildman–Crippen LogP) is 2.71. The van der Waals surface area contributed by atoms with Crippen LogP contribution in [0.1, 0.15) is 11.1 Å². The lowest BCUT2D eigenvalue weighted by atomic mass is 10.00. The minimum atomic E-state index is 0.958. The summed E-state index contributed by atoms with van der Waals surface area (Å²) in [5.41, 5.74) is 4.09. The highest BCUT2D eigenvalue weighted by Crippen LogP contribution is 2.25. The Morgan fingerprint density at radius 3 is 2.68 bits per heavy atom. The summed E-state index contributed by atoms with van der Waals surface area (Å²) >= 11 is 0. The summed E-state index contributed by atoms with van der Waals surface area (Å²) in [6, 6.07) is 12.9. The first kappa shape index (κ1) is 12.0. The van der Waals surface area contributed by atoms with Crippen LogP contribution in [0, 0.1) is 0 Å². The van der Waals surface area contributed by atoms with E-state index >= 15 is 0 Å². The van der Waals surface area contributed by atoms with Crippen molar-refractivity contribution in [2.75, 3.05) is 30.4 Å². The average Bonchev–Trinajstić information content (AvgIpc) is 2.47. The molecule has 3 heteroatoms. The molecule has 0 unspecified atom stereocenters. The fourth-order valence-electron chi connectivity index (χ4n) is 2.55. The molecule has 0 spiro atoms. The van der Waals surface area contributed by atoms with Gasteiger partial charge < -0.3 is 9.80 Å².